The Labute approximate surface area is 207 Å². The zero-order chi connectivity index (χ0) is 25.0. The van der Waals surface area contributed by atoms with Gasteiger partial charge in [0.15, 0.2) is 5.65 Å². The van der Waals surface area contributed by atoms with E-state index < -0.39 is 18.9 Å². The third kappa shape index (κ3) is 3.98. The molecule has 0 bridgehead atoms. The Hall–Kier alpha value is -3.22. The Morgan fingerprint density at radius 1 is 1.14 bits per heavy atom. The summed E-state index contributed by atoms with van der Waals surface area (Å²) in [5.41, 5.74) is 0.890. The van der Waals surface area contributed by atoms with Crippen LogP contribution < -0.4 is 4.90 Å². The molecule has 1 unspecified atom stereocenters. The molecule has 2 fully saturated rings. The van der Waals surface area contributed by atoms with Crippen LogP contribution in [0, 0.1) is 11.8 Å². The molecule has 2 aliphatic rings. The molecule has 0 amide bonds. The lowest BCUT2D eigenvalue weighted by Crippen LogP contribution is -2.25. The minimum atomic E-state index is -3.03. The minimum Gasteiger partial charge on any atom is -0.355 e. The largest absolute Gasteiger partial charge is 0.355 e. The zero-order valence-corrected chi connectivity index (χ0v) is 20.0. The standard InChI is InChI=1S/C23H22F4N8S/c1-2-5-23(26,27)19-12(4-3-6-28-19)21-32-33-22(36-21)18-13-9-34(10-14(13)18)17-8-29-15-7-30-35(11-16(24)25)20(15)31-17/h3-4,6-8,13-14,16,18H,2,5,9-11H2,1H3/t13-,14+,18?. The molecule has 0 aromatic carbocycles. The molecule has 1 aliphatic carbocycles. The van der Waals surface area contributed by atoms with Crippen molar-refractivity contribution in [3.05, 3.63) is 41.4 Å². The van der Waals surface area contributed by atoms with Crippen molar-refractivity contribution in [1.29, 1.82) is 0 Å². The summed E-state index contributed by atoms with van der Waals surface area (Å²) in [5, 5.41) is 13.8. The number of hydrogen-bond acceptors (Lipinski definition) is 8. The van der Waals surface area contributed by atoms with Gasteiger partial charge in [-0.1, -0.05) is 24.7 Å². The van der Waals surface area contributed by atoms with Crippen LogP contribution in [0.15, 0.2) is 30.7 Å². The summed E-state index contributed by atoms with van der Waals surface area (Å²) in [6, 6.07) is 3.26. The van der Waals surface area contributed by atoms with E-state index in [4.69, 9.17) is 0 Å². The fraction of sp³-hybridized carbons (Fsp3) is 0.478. The maximum atomic E-state index is 14.7. The molecular formula is C23H22F4N8S. The zero-order valence-electron chi connectivity index (χ0n) is 19.2. The molecule has 0 spiro atoms. The van der Waals surface area contributed by atoms with Crippen molar-refractivity contribution in [1.82, 2.24) is 34.9 Å². The van der Waals surface area contributed by atoms with E-state index in [9.17, 15) is 17.6 Å². The molecule has 5 heterocycles. The Balaban J connectivity index is 1.18. The van der Waals surface area contributed by atoms with E-state index in [1.165, 1.54) is 28.4 Å². The highest BCUT2D eigenvalue weighted by Crippen LogP contribution is 2.59. The molecule has 13 heteroatoms. The molecule has 4 aromatic rings. The Morgan fingerprint density at radius 3 is 2.69 bits per heavy atom. The third-order valence-corrected chi connectivity index (χ3v) is 7.89. The van der Waals surface area contributed by atoms with Gasteiger partial charge in [0, 0.05) is 37.2 Å². The maximum Gasteiger partial charge on any atom is 0.290 e. The van der Waals surface area contributed by atoms with Gasteiger partial charge in [0.25, 0.3) is 12.3 Å². The molecular weight excluding hydrogens is 496 g/mol. The maximum absolute atomic E-state index is 14.7. The predicted octanol–water partition coefficient (Wildman–Crippen LogP) is 4.75. The van der Waals surface area contributed by atoms with Gasteiger partial charge in [-0.05, 0) is 24.0 Å². The topological polar surface area (TPSA) is 85.5 Å². The van der Waals surface area contributed by atoms with Crippen LogP contribution in [0.4, 0.5) is 23.4 Å². The van der Waals surface area contributed by atoms with E-state index in [0.29, 0.717) is 45.8 Å². The van der Waals surface area contributed by atoms with Gasteiger partial charge in [0.05, 0.1) is 12.4 Å². The number of nitrogens with zero attached hydrogens (tertiary/aromatic N) is 8. The minimum absolute atomic E-state index is 0.213. The van der Waals surface area contributed by atoms with Crippen LogP contribution in [-0.2, 0) is 12.5 Å². The van der Waals surface area contributed by atoms with Gasteiger partial charge in [-0.3, -0.25) is 4.98 Å². The molecule has 1 aliphatic heterocycles. The normalized spacial score (nSPS) is 21.5. The fourth-order valence-corrected chi connectivity index (χ4v) is 6.24. The summed E-state index contributed by atoms with van der Waals surface area (Å²) in [6.07, 6.45) is 1.99. The van der Waals surface area contributed by atoms with Crippen LogP contribution in [-0.4, -0.2) is 54.4 Å². The molecule has 1 saturated heterocycles. The monoisotopic (exact) mass is 518 g/mol. The van der Waals surface area contributed by atoms with E-state index in [1.54, 1.807) is 25.3 Å². The first kappa shape index (κ1) is 23.2. The smallest absolute Gasteiger partial charge is 0.290 e. The van der Waals surface area contributed by atoms with Gasteiger partial charge in [-0.15, -0.1) is 10.2 Å². The molecule has 0 radical (unpaired) electrons. The number of hydrogen-bond donors (Lipinski definition) is 0. The average Bonchev–Trinajstić information content (AvgIpc) is 3.30. The van der Waals surface area contributed by atoms with E-state index in [0.717, 1.165) is 18.1 Å². The number of piperidine rings is 1. The van der Waals surface area contributed by atoms with Crippen LogP contribution >= 0.6 is 11.3 Å². The molecule has 0 N–H and O–H groups in total. The fourth-order valence-electron chi connectivity index (χ4n) is 5.12. The molecule has 4 aromatic heterocycles. The van der Waals surface area contributed by atoms with Crippen molar-refractivity contribution in [2.45, 2.75) is 44.6 Å². The lowest BCUT2D eigenvalue weighted by atomic mass is 10.0. The number of fused-ring (bicyclic) bond motifs is 2. The van der Waals surface area contributed by atoms with Gasteiger partial charge in [0.1, 0.15) is 33.6 Å². The third-order valence-electron chi connectivity index (χ3n) is 6.84. The first-order chi connectivity index (χ1) is 17.4. The lowest BCUT2D eigenvalue weighted by Gasteiger charge is -2.20. The van der Waals surface area contributed by atoms with Crippen LogP contribution in [0.1, 0.15) is 36.4 Å². The van der Waals surface area contributed by atoms with Gasteiger partial charge >= 0.3 is 0 Å². The molecule has 6 rings (SSSR count). The second kappa shape index (κ2) is 8.71. The van der Waals surface area contributed by atoms with Crippen molar-refractivity contribution in [2.75, 3.05) is 18.0 Å². The SMILES string of the molecule is CCCC(F)(F)c1ncccc1-c1nnc(C2[C@H]3CN(c4cnc5cnn(CC(F)F)c5n4)C[C@@H]23)s1. The van der Waals surface area contributed by atoms with Crippen molar-refractivity contribution in [3.63, 3.8) is 0 Å². The number of anilines is 1. The number of alkyl halides is 4. The summed E-state index contributed by atoms with van der Waals surface area (Å²) >= 11 is 1.34. The molecule has 3 atom stereocenters. The molecule has 188 valence electrons. The molecule has 8 nitrogen and oxygen atoms in total. The van der Waals surface area contributed by atoms with E-state index in [2.05, 4.69) is 35.1 Å². The van der Waals surface area contributed by atoms with Crippen molar-refractivity contribution in [2.24, 2.45) is 11.8 Å². The highest BCUT2D eigenvalue weighted by Gasteiger charge is 2.58. The number of halogens is 4. The summed E-state index contributed by atoms with van der Waals surface area (Å²) < 4.78 is 56.2. The van der Waals surface area contributed by atoms with Gasteiger partial charge in [0.2, 0.25) is 0 Å². The number of rotatable bonds is 8. The second-order valence-electron chi connectivity index (χ2n) is 9.21. The summed E-state index contributed by atoms with van der Waals surface area (Å²) in [7, 11) is 0. The second-order valence-corrected chi connectivity index (χ2v) is 10.2. The van der Waals surface area contributed by atoms with E-state index >= 15 is 0 Å². The van der Waals surface area contributed by atoms with Crippen molar-refractivity contribution in [3.8, 4) is 10.6 Å². The van der Waals surface area contributed by atoms with Crippen LogP contribution in [0.25, 0.3) is 21.7 Å². The van der Waals surface area contributed by atoms with Crippen LogP contribution in [0.2, 0.25) is 0 Å². The quantitative estimate of drug-likeness (QED) is 0.311. The molecule has 1 saturated carbocycles. The Morgan fingerprint density at radius 2 is 1.94 bits per heavy atom. The van der Waals surface area contributed by atoms with Gasteiger partial charge in [-0.2, -0.15) is 13.9 Å². The Kier molecular flexibility index (Phi) is 5.61. The van der Waals surface area contributed by atoms with Crippen molar-refractivity contribution < 1.29 is 17.6 Å². The van der Waals surface area contributed by atoms with Crippen LogP contribution in [0.5, 0.6) is 0 Å². The first-order valence-electron chi connectivity index (χ1n) is 11.7. The average molecular weight is 519 g/mol. The lowest BCUT2D eigenvalue weighted by molar-refractivity contribution is -0.0177. The van der Waals surface area contributed by atoms with E-state index in [-0.39, 0.29) is 18.0 Å². The first-order valence-corrected chi connectivity index (χ1v) is 12.6. The number of pyridine rings is 1. The summed E-state index contributed by atoms with van der Waals surface area (Å²) in [5.74, 6) is -1.51. The highest BCUT2D eigenvalue weighted by molar-refractivity contribution is 7.14. The Bertz CT molecular complexity index is 1390. The van der Waals surface area contributed by atoms with Crippen molar-refractivity contribution >= 4 is 28.3 Å². The van der Waals surface area contributed by atoms with E-state index in [1.807, 2.05) is 0 Å². The van der Waals surface area contributed by atoms with Crippen LogP contribution in [0.3, 0.4) is 0 Å². The summed E-state index contributed by atoms with van der Waals surface area (Å²) in [4.78, 5) is 14.9. The number of aromatic nitrogens is 7. The van der Waals surface area contributed by atoms with Gasteiger partial charge < -0.3 is 4.90 Å². The summed E-state index contributed by atoms with van der Waals surface area (Å²) in [6.45, 7) is 2.63. The predicted molar refractivity (Wildman–Crippen MR) is 125 cm³/mol. The van der Waals surface area contributed by atoms with Gasteiger partial charge in [-0.25, -0.2) is 23.4 Å². The molecule has 36 heavy (non-hydrogen) atoms. The highest BCUT2D eigenvalue weighted by atomic mass is 32.1.